The molecule has 196 valence electrons. The van der Waals surface area contributed by atoms with Crippen LogP contribution in [0.15, 0.2) is 58.1 Å². The van der Waals surface area contributed by atoms with Crippen LogP contribution in [0, 0.1) is 5.41 Å². The fourth-order valence-electron chi connectivity index (χ4n) is 3.79. The maximum atomic E-state index is 12.6. The summed E-state index contributed by atoms with van der Waals surface area (Å²) in [5.74, 6) is 0.345. The molecule has 0 unspecified atom stereocenters. The van der Waals surface area contributed by atoms with E-state index in [0.717, 1.165) is 24.7 Å². The molecule has 0 N–H and O–H groups in total. The smallest absolute Gasteiger partial charge is 0.254 e. The van der Waals surface area contributed by atoms with E-state index >= 15 is 0 Å². The minimum Gasteiger partial charge on any atom is -0.360 e. The van der Waals surface area contributed by atoms with E-state index in [9.17, 15) is 18.0 Å². The summed E-state index contributed by atoms with van der Waals surface area (Å²) in [7, 11) is -3.57. The lowest BCUT2D eigenvalue weighted by molar-refractivity contribution is -0.165. The third-order valence-corrected chi connectivity index (χ3v) is 7.78. The van der Waals surface area contributed by atoms with Crippen molar-refractivity contribution in [3.8, 4) is 0 Å². The normalized spacial score (nSPS) is 16.9. The minimum absolute atomic E-state index is 0.00687. The van der Waals surface area contributed by atoms with Gasteiger partial charge >= 0.3 is 0 Å². The molecule has 0 bridgehead atoms. The van der Waals surface area contributed by atoms with Gasteiger partial charge in [0.2, 0.25) is 0 Å². The maximum Gasteiger partial charge on any atom is 0.254 e. The molecule has 0 spiro atoms. The van der Waals surface area contributed by atoms with Crippen LogP contribution in [0.2, 0.25) is 10.0 Å². The molecule has 1 saturated heterocycles. The van der Waals surface area contributed by atoms with Gasteiger partial charge in [-0.05, 0) is 56.5 Å². The van der Waals surface area contributed by atoms with Crippen molar-refractivity contribution in [1.29, 1.82) is 0 Å². The second kappa shape index (κ2) is 10.6. The van der Waals surface area contributed by atoms with Crippen molar-refractivity contribution >= 4 is 44.7 Å². The Labute approximate surface area is 225 Å². The first-order chi connectivity index (χ1) is 17.4. The fourth-order valence-corrected chi connectivity index (χ4v) is 5.12. The number of ketones is 1. The van der Waals surface area contributed by atoms with Gasteiger partial charge in [-0.2, -0.15) is 0 Å². The van der Waals surface area contributed by atoms with Crippen LogP contribution in [0.1, 0.15) is 59.9 Å². The Hall–Kier alpha value is -2.72. The first-order valence-electron chi connectivity index (χ1n) is 11.6. The SMILES string of the molecule is CC1(C)CON(Cc2ccccc2Cl)C1=O.CS(=O)(=O)c1cc(Cl)ccc1C(=O)c1cnoc1C1CC1. The number of rotatable bonds is 6. The monoisotopic (exact) mass is 564 g/mol. The van der Waals surface area contributed by atoms with Gasteiger partial charge in [0, 0.05) is 27.8 Å². The Morgan fingerprint density at radius 3 is 2.43 bits per heavy atom. The van der Waals surface area contributed by atoms with E-state index in [1.54, 1.807) is 0 Å². The standard InChI is InChI=1S/C14H12ClNO4S.C12H14ClNO2/c1-21(18,19)12-6-9(15)4-5-10(12)13(17)11-7-16-20-14(11)8-2-3-8;1-12(2)8-16-14(11(12)15)7-9-5-3-4-6-10(9)13/h4-8H,2-3H2,1H3;3-6H,7-8H2,1-2H3. The van der Waals surface area contributed by atoms with Crippen molar-refractivity contribution < 1.29 is 27.4 Å². The Kier molecular flexibility index (Phi) is 7.80. The van der Waals surface area contributed by atoms with Crippen LogP contribution in [0.3, 0.4) is 0 Å². The molecule has 2 aliphatic rings. The van der Waals surface area contributed by atoms with Gasteiger partial charge in [-0.1, -0.05) is 46.6 Å². The number of carbonyl (C=O) groups excluding carboxylic acids is 2. The zero-order valence-corrected chi connectivity index (χ0v) is 22.9. The number of halogens is 2. The highest BCUT2D eigenvalue weighted by Crippen LogP contribution is 2.42. The number of hydrogen-bond acceptors (Lipinski definition) is 7. The van der Waals surface area contributed by atoms with Crippen LogP contribution >= 0.6 is 23.2 Å². The van der Waals surface area contributed by atoms with Gasteiger partial charge in [-0.15, -0.1) is 0 Å². The van der Waals surface area contributed by atoms with Gasteiger partial charge in [-0.3, -0.25) is 14.4 Å². The molecule has 1 aliphatic heterocycles. The van der Waals surface area contributed by atoms with Gasteiger partial charge in [0.1, 0.15) is 0 Å². The molecule has 1 aliphatic carbocycles. The number of amides is 1. The van der Waals surface area contributed by atoms with Crippen molar-refractivity contribution in [3.63, 3.8) is 0 Å². The van der Waals surface area contributed by atoms with E-state index in [1.807, 2.05) is 38.1 Å². The number of hydroxylamine groups is 2. The Balaban J connectivity index is 0.000000180. The Morgan fingerprint density at radius 1 is 1.14 bits per heavy atom. The topological polar surface area (TPSA) is 107 Å². The first-order valence-corrected chi connectivity index (χ1v) is 14.2. The predicted octanol–water partition coefficient (Wildman–Crippen LogP) is 5.48. The van der Waals surface area contributed by atoms with Crippen LogP contribution in [-0.4, -0.2) is 43.2 Å². The largest absolute Gasteiger partial charge is 0.360 e. The molecule has 3 aromatic rings. The van der Waals surface area contributed by atoms with Crippen molar-refractivity contribution in [1.82, 2.24) is 10.2 Å². The summed E-state index contributed by atoms with van der Waals surface area (Å²) in [6, 6.07) is 11.7. The zero-order valence-electron chi connectivity index (χ0n) is 20.5. The summed E-state index contributed by atoms with van der Waals surface area (Å²) in [5.41, 5.74) is 0.883. The van der Waals surface area contributed by atoms with E-state index in [2.05, 4.69) is 5.16 Å². The lowest BCUT2D eigenvalue weighted by atomic mass is 9.95. The molecular formula is C26H26Cl2N2O6S. The summed E-state index contributed by atoms with van der Waals surface area (Å²) >= 11 is 11.9. The quantitative estimate of drug-likeness (QED) is 0.365. The van der Waals surface area contributed by atoms with Crippen LogP contribution in [0.5, 0.6) is 0 Å². The van der Waals surface area contributed by atoms with Crippen molar-refractivity contribution in [3.05, 3.63) is 81.2 Å². The third kappa shape index (κ3) is 6.23. The number of hydrogen-bond donors (Lipinski definition) is 0. The summed E-state index contributed by atoms with van der Waals surface area (Å²) in [6.45, 7) is 4.59. The van der Waals surface area contributed by atoms with Gasteiger partial charge < -0.3 is 4.52 Å². The second-order valence-corrected chi connectivity index (χ2v) is 12.5. The number of benzene rings is 2. The van der Waals surface area contributed by atoms with E-state index < -0.39 is 21.0 Å². The van der Waals surface area contributed by atoms with Gasteiger partial charge in [0.05, 0.1) is 35.2 Å². The molecule has 1 aromatic heterocycles. The molecule has 37 heavy (non-hydrogen) atoms. The highest BCUT2D eigenvalue weighted by atomic mass is 35.5. The average molecular weight is 565 g/mol. The Bertz CT molecular complexity index is 1450. The summed E-state index contributed by atoms with van der Waals surface area (Å²) in [6.07, 6.45) is 4.30. The molecular weight excluding hydrogens is 539 g/mol. The van der Waals surface area contributed by atoms with Gasteiger partial charge in [0.25, 0.3) is 5.91 Å². The first kappa shape index (κ1) is 27.3. The van der Waals surface area contributed by atoms with E-state index in [-0.39, 0.29) is 27.3 Å². The van der Waals surface area contributed by atoms with E-state index in [1.165, 1.54) is 29.5 Å². The highest BCUT2D eigenvalue weighted by molar-refractivity contribution is 7.90. The maximum absolute atomic E-state index is 12.6. The van der Waals surface area contributed by atoms with Crippen LogP contribution < -0.4 is 0 Å². The molecule has 0 atom stereocenters. The highest BCUT2D eigenvalue weighted by Gasteiger charge is 2.40. The molecule has 2 heterocycles. The van der Waals surface area contributed by atoms with E-state index in [4.69, 9.17) is 32.6 Å². The Morgan fingerprint density at radius 2 is 1.84 bits per heavy atom. The summed E-state index contributed by atoms with van der Waals surface area (Å²) < 4.78 is 28.9. The molecule has 2 fully saturated rings. The number of aromatic nitrogens is 1. The molecule has 1 saturated carbocycles. The fraction of sp³-hybridized carbons (Fsp3) is 0.346. The van der Waals surface area contributed by atoms with Crippen molar-refractivity contribution in [2.75, 3.05) is 12.9 Å². The molecule has 2 aromatic carbocycles. The predicted molar refractivity (Wildman–Crippen MR) is 138 cm³/mol. The lowest BCUT2D eigenvalue weighted by Crippen LogP contribution is -2.30. The molecule has 11 heteroatoms. The number of nitrogens with zero attached hydrogens (tertiary/aromatic N) is 2. The van der Waals surface area contributed by atoms with Gasteiger partial charge in [0.15, 0.2) is 21.4 Å². The molecule has 8 nitrogen and oxygen atoms in total. The third-order valence-electron chi connectivity index (χ3n) is 6.04. The minimum atomic E-state index is -3.57. The lowest BCUT2D eigenvalue weighted by Gasteiger charge is -2.16. The average Bonchev–Trinajstić information content (AvgIpc) is 3.51. The van der Waals surface area contributed by atoms with Gasteiger partial charge in [-0.25, -0.2) is 13.5 Å². The van der Waals surface area contributed by atoms with Crippen LogP contribution in [-0.2, 0) is 26.0 Å². The van der Waals surface area contributed by atoms with Crippen LogP contribution in [0.4, 0.5) is 0 Å². The zero-order chi connectivity index (χ0) is 27.0. The number of sulfone groups is 1. The summed E-state index contributed by atoms with van der Waals surface area (Å²) in [4.78, 5) is 29.8. The molecule has 5 rings (SSSR count). The van der Waals surface area contributed by atoms with Crippen LogP contribution in [0.25, 0.3) is 0 Å². The number of carbonyl (C=O) groups is 2. The molecule has 0 radical (unpaired) electrons. The molecule has 1 amide bonds. The second-order valence-electron chi connectivity index (χ2n) is 9.71. The van der Waals surface area contributed by atoms with E-state index in [0.29, 0.717) is 29.5 Å². The summed E-state index contributed by atoms with van der Waals surface area (Å²) in [5, 5.41) is 5.98. The van der Waals surface area contributed by atoms with Crippen molar-refractivity contribution in [2.24, 2.45) is 5.41 Å². The van der Waals surface area contributed by atoms with Crippen molar-refractivity contribution in [2.45, 2.75) is 44.0 Å².